The topological polar surface area (TPSA) is 37.4 Å². The summed E-state index contributed by atoms with van der Waals surface area (Å²) in [6, 6.07) is 7.85. The van der Waals surface area contributed by atoms with Gasteiger partial charge in [-0.1, -0.05) is 6.42 Å². The van der Waals surface area contributed by atoms with Crippen molar-refractivity contribution >= 4 is 22.3 Å². The SMILES string of the molecule is CN(C)c1ccc(C(=O)C2CC3CCCC(C2)S3=O)cc1. The first-order valence-electron chi connectivity index (χ1n) is 7.77. The van der Waals surface area contributed by atoms with E-state index >= 15 is 0 Å². The van der Waals surface area contributed by atoms with Crippen molar-refractivity contribution in [2.75, 3.05) is 19.0 Å². The van der Waals surface area contributed by atoms with Crippen LogP contribution in [0.4, 0.5) is 5.69 Å². The zero-order chi connectivity index (χ0) is 15.0. The van der Waals surface area contributed by atoms with Gasteiger partial charge in [0, 0.05) is 52.6 Å². The molecule has 3 nitrogen and oxygen atoms in total. The van der Waals surface area contributed by atoms with Crippen molar-refractivity contribution in [3.8, 4) is 0 Å². The number of rotatable bonds is 3. The number of benzene rings is 1. The van der Waals surface area contributed by atoms with Gasteiger partial charge >= 0.3 is 0 Å². The highest BCUT2D eigenvalue weighted by atomic mass is 32.2. The Morgan fingerprint density at radius 2 is 1.67 bits per heavy atom. The Morgan fingerprint density at radius 3 is 2.19 bits per heavy atom. The number of carbonyl (C=O) groups is 1. The van der Waals surface area contributed by atoms with Crippen molar-refractivity contribution in [2.45, 2.75) is 42.6 Å². The largest absolute Gasteiger partial charge is 0.378 e. The summed E-state index contributed by atoms with van der Waals surface area (Å²) in [5, 5.41) is 0.514. The van der Waals surface area contributed by atoms with Gasteiger partial charge in [-0.3, -0.25) is 9.00 Å². The number of hydrogen-bond acceptors (Lipinski definition) is 3. The lowest BCUT2D eigenvalue weighted by Crippen LogP contribution is -2.41. The van der Waals surface area contributed by atoms with Crippen LogP contribution in [0.5, 0.6) is 0 Å². The molecule has 3 rings (SSSR count). The summed E-state index contributed by atoms with van der Waals surface area (Å²) in [7, 11) is 3.29. The van der Waals surface area contributed by atoms with Crippen LogP contribution in [-0.2, 0) is 10.8 Å². The van der Waals surface area contributed by atoms with E-state index in [2.05, 4.69) is 0 Å². The lowest BCUT2D eigenvalue weighted by atomic mass is 9.84. The van der Waals surface area contributed by atoms with E-state index in [-0.39, 0.29) is 22.2 Å². The van der Waals surface area contributed by atoms with E-state index in [0.29, 0.717) is 0 Å². The molecule has 0 spiro atoms. The lowest BCUT2D eigenvalue weighted by molar-refractivity contribution is 0.0895. The lowest BCUT2D eigenvalue weighted by Gasteiger charge is -2.37. The molecule has 0 aromatic heterocycles. The number of Topliss-reactive ketones (excluding diaryl/α,β-unsaturated/α-hetero) is 1. The van der Waals surface area contributed by atoms with Crippen molar-refractivity contribution in [1.82, 2.24) is 0 Å². The van der Waals surface area contributed by atoms with E-state index in [4.69, 9.17) is 0 Å². The Labute approximate surface area is 129 Å². The summed E-state index contributed by atoms with van der Waals surface area (Å²) in [5.41, 5.74) is 1.91. The normalized spacial score (nSPS) is 31.7. The highest BCUT2D eigenvalue weighted by molar-refractivity contribution is 7.86. The van der Waals surface area contributed by atoms with Crippen molar-refractivity contribution < 1.29 is 9.00 Å². The third-order valence-electron chi connectivity index (χ3n) is 4.84. The van der Waals surface area contributed by atoms with Crippen LogP contribution in [0.15, 0.2) is 24.3 Å². The third kappa shape index (κ3) is 2.91. The zero-order valence-corrected chi connectivity index (χ0v) is 13.6. The first kappa shape index (κ1) is 14.8. The second-order valence-electron chi connectivity index (χ2n) is 6.48. The summed E-state index contributed by atoms with van der Waals surface area (Å²) in [4.78, 5) is 14.7. The van der Waals surface area contributed by atoms with E-state index in [9.17, 15) is 9.00 Å². The van der Waals surface area contributed by atoms with Crippen molar-refractivity contribution in [1.29, 1.82) is 0 Å². The molecule has 1 aromatic carbocycles. The summed E-state index contributed by atoms with van der Waals surface area (Å²) in [6.45, 7) is 0. The summed E-state index contributed by atoms with van der Waals surface area (Å²) in [5.74, 6) is 0.317. The predicted molar refractivity (Wildman–Crippen MR) is 87.4 cm³/mol. The first-order chi connectivity index (χ1) is 10.1. The van der Waals surface area contributed by atoms with Gasteiger partial charge in [0.05, 0.1) is 0 Å². The molecule has 2 fully saturated rings. The molecule has 114 valence electrons. The van der Waals surface area contributed by atoms with Gasteiger partial charge in [-0.15, -0.1) is 0 Å². The molecule has 0 saturated carbocycles. The molecular formula is C17H23NO2S. The van der Waals surface area contributed by atoms with Gasteiger partial charge in [-0.05, 0) is 49.9 Å². The van der Waals surface area contributed by atoms with Gasteiger partial charge in [-0.25, -0.2) is 0 Å². The molecule has 1 aromatic rings. The van der Waals surface area contributed by atoms with Gasteiger partial charge in [0.15, 0.2) is 5.78 Å². The Kier molecular flexibility index (Phi) is 4.16. The monoisotopic (exact) mass is 305 g/mol. The quantitative estimate of drug-likeness (QED) is 0.806. The molecule has 21 heavy (non-hydrogen) atoms. The van der Waals surface area contributed by atoms with Gasteiger partial charge < -0.3 is 4.90 Å². The zero-order valence-electron chi connectivity index (χ0n) is 12.7. The smallest absolute Gasteiger partial charge is 0.166 e. The van der Waals surface area contributed by atoms with Crippen LogP contribution < -0.4 is 4.90 Å². The molecule has 2 saturated heterocycles. The fourth-order valence-corrected chi connectivity index (χ4v) is 5.79. The predicted octanol–water partition coefficient (Wildman–Crippen LogP) is 3.02. The highest BCUT2D eigenvalue weighted by Crippen LogP contribution is 2.38. The minimum absolute atomic E-state index is 0.0724. The van der Waals surface area contributed by atoms with E-state index in [1.165, 1.54) is 6.42 Å². The summed E-state index contributed by atoms with van der Waals surface area (Å²) >= 11 is 0. The number of nitrogens with zero attached hydrogens (tertiary/aromatic N) is 1. The van der Waals surface area contributed by atoms with Gasteiger partial charge in [0.2, 0.25) is 0 Å². The fourth-order valence-electron chi connectivity index (χ4n) is 3.61. The van der Waals surface area contributed by atoms with Crippen molar-refractivity contribution in [2.24, 2.45) is 5.92 Å². The average molecular weight is 305 g/mol. The van der Waals surface area contributed by atoms with Crippen LogP contribution in [0.2, 0.25) is 0 Å². The Hall–Kier alpha value is -1.16. The molecule has 0 aliphatic carbocycles. The first-order valence-corrected chi connectivity index (χ1v) is 9.05. The molecule has 4 heteroatoms. The summed E-state index contributed by atoms with van der Waals surface area (Å²) in [6.07, 6.45) is 4.88. The number of fused-ring (bicyclic) bond motifs is 2. The molecule has 2 atom stereocenters. The molecule has 0 N–H and O–H groups in total. The fraction of sp³-hybridized carbons (Fsp3) is 0.588. The summed E-state index contributed by atoms with van der Waals surface area (Å²) < 4.78 is 12.2. The van der Waals surface area contributed by atoms with Crippen LogP contribution in [0.1, 0.15) is 42.5 Å². The van der Waals surface area contributed by atoms with Crippen molar-refractivity contribution in [3.05, 3.63) is 29.8 Å². The second kappa shape index (κ2) is 5.91. The van der Waals surface area contributed by atoms with Crippen LogP contribution >= 0.6 is 0 Å². The number of ketones is 1. The second-order valence-corrected chi connectivity index (χ2v) is 8.47. The molecule has 0 radical (unpaired) electrons. The molecule has 2 bridgehead atoms. The maximum Gasteiger partial charge on any atom is 0.166 e. The molecule has 0 amide bonds. The average Bonchev–Trinajstić information content (AvgIpc) is 2.46. The minimum Gasteiger partial charge on any atom is -0.378 e. The standard InChI is InChI=1S/C17H23NO2S/c1-18(2)14-8-6-12(7-9-14)17(19)13-10-15-4-3-5-16(11-13)21(15)20/h6-9,13,15-16H,3-5,10-11H2,1-2H3. The maximum absolute atomic E-state index is 12.7. The van der Waals surface area contributed by atoms with Crippen LogP contribution in [-0.4, -0.2) is 34.6 Å². The third-order valence-corrected chi connectivity index (χ3v) is 7.01. The highest BCUT2D eigenvalue weighted by Gasteiger charge is 2.40. The number of carbonyl (C=O) groups excluding carboxylic acids is 1. The van der Waals surface area contributed by atoms with Gasteiger partial charge in [0.1, 0.15) is 0 Å². The Bertz CT molecular complexity index is 536. The number of anilines is 1. The Morgan fingerprint density at radius 1 is 1.10 bits per heavy atom. The number of hydrogen-bond donors (Lipinski definition) is 0. The van der Waals surface area contributed by atoms with Gasteiger partial charge in [-0.2, -0.15) is 0 Å². The molecule has 2 aliphatic rings. The van der Waals surface area contributed by atoms with E-state index < -0.39 is 10.8 Å². The van der Waals surface area contributed by atoms with Crippen LogP contribution in [0, 0.1) is 5.92 Å². The van der Waals surface area contributed by atoms with E-state index in [1.54, 1.807) is 0 Å². The van der Waals surface area contributed by atoms with E-state index in [0.717, 1.165) is 36.9 Å². The minimum atomic E-state index is -0.698. The molecule has 2 heterocycles. The van der Waals surface area contributed by atoms with Gasteiger partial charge in [0.25, 0.3) is 0 Å². The van der Waals surface area contributed by atoms with Crippen molar-refractivity contribution in [3.63, 3.8) is 0 Å². The van der Waals surface area contributed by atoms with Crippen LogP contribution in [0.3, 0.4) is 0 Å². The molecular weight excluding hydrogens is 282 g/mol. The Balaban J connectivity index is 1.75. The molecule has 2 unspecified atom stereocenters. The molecule has 2 aliphatic heterocycles. The van der Waals surface area contributed by atoms with E-state index in [1.807, 2.05) is 43.3 Å². The maximum atomic E-state index is 12.7. The van der Waals surface area contributed by atoms with Crippen LogP contribution in [0.25, 0.3) is 0 Å².